The molecule has 4 heterocycles. The molecule has 4 aromatic heterocycles. The molecular weight excluding hydrogens is 653 g/mol. The van der Waals surface area contributed by atoms with Crippen molar-refractivity contribution in [3.05, 3.63) is 142 Å². The highest BCUT2D eigenvalue weighted by molar-refractivity contribution is 6.45. The van der Waals surface area contributed by atoms with Crippen molar-refractivity contribution >= 4 is 131 Å². The van der Waals surface area contributed by atoms with Gasteiger partial charge in [-0.3, -0.25) is 18.4 Å². The molecule has 0 atom stereocenters. The summed E-state index contributed by atoms with van der Waals surface area (Å²) in [6, 6.07) is 33.8. The van der Waals surface area contributed by atoms with Gasteiger partial charge in [0, 0.05) is 32.3 Å². The fourth-order valence-electron chi connectivity index (χ4n) is 9.97. The van der Waals surface area contributed by atoms with Crippen LogP contribution >= 0.6 is 0 Å². The van der Waals surface area contributed by atoms with Crippen LogP contribution in [0.15, 0.2) is 119 Å². The van der Waals surface area contributed by atoms with E-state index in [1.165, 1.54) is 10.8 Å². The number of imidazole rings is 2. The van der Waals surface area contributed by atoms with E-state index in [2.05, 4.69) is 67.2 Å². The van der Waals surface area contributed by atoms with Crippen molar-refractivity contribution in [1.29, 1.82) is 0 Å². The van der Waals surface area contributed by atoms with Gasteiger partial charge in [0.15, 0.2) is 0 Å². The molecule has 0 radical (unpaired) electrons. The van der Waals surface area contributed by atoms with Crippen molar-refractivity contribution < 1.29 is 0 Å². The monoisotopic (exact) mass is 676 g/mol. The molecule has 0 amide bonds. The van der Waals surface area contributed by atoms with E-state index in [0.717, 1.165) is 92.1 Å². The lowest BCUT2D eigenvalue weighted by Crippen LogP contribution is -2.14. The lowest BCUT2D eigenvalue weighted by atomic mass is 9.82. The number of benzene rings is 9. The molecule has 0 N–H and O–H groups in total. The standard InChI is InChI=1S/C47H24N4O2/c1-3-7-36-34(4-2)48-44-30-18-14-26-22-10-11-23-27-15-19-31-43-33(47(53)51-37-9-6-5-8-35(37)49-45(31)51)21-17-29(41(27)43)25-13-12-24(38(22)39(23)25)28-16-20-32(42(30)40(26)28)46(52)50(36)44/h3-21H,2H2,1H3/b7-3-. The van der Waals surface area contributed by atoms with Crippen LogP contribution in [0.1, 0.15) is 18.3 Å². The molecule has 6 heteroatoms. The zero-order chi connectivity index (χ0) is 35.0. The second-order valence-electron chi connectivity index (χ2n) is 14.3. The maximum atomic E-state index is 14.3. The van der Waals surface area contributed by atoms with Gasteiger partial charge in [0.05, 0.1) is 22.4 Å². The fraction of sp³-hybridized carbons (Fsp3) is 0.0213. The summed E-state index contributed by atoms with van der Waals surface area (Å²) in [5.41, 5.74) is 4.30. The molecule has 13 rings (SSSR count). The Kier molecular flexibility index (Phi) is 4.67. The Morgan fingerprint density at radius 1 is 0.491 bits per heavy atom. The average Bonchev–Trinajstić information content (AvgIpc) is 3.77. The third-order valence-corrected chi connectivity index (χ3v) is 12.0. The number of aromatic nitrogens is 4. The molecule has 0 bridgehead atoms. The number of hydrogen-bond donors (Lipinski definition) is 0. The van der Waals surface area contributed by atoms with E-state index >= 15 is 0 Å². The second-order valence-corrected chi connectivity index (χ2v) is 14.3. The van der Waals surface area contributed by atoms with Crippen molar-refractivity contribution in [3.8, 4) is 0 Å². The van der Waals surface area contributed by atoms with Crippen LogP contribution in [0.3, 0.4) is 0 Å². The molecule has 6 nitrogen and oxygen atoms in total. The molecule has 0 unspecified atom stereocenters. The van der Waals surface area contributed by atoms with Crippen molar-refractivity contribution in [1.82, 2.24) is 18.8 Å². The molecule has 0 spiro atoms. The number of rotatable bonds is 2. The van der Waals surface area contributed by atoms with E-state index < -0.39 is 0 Å². The van der Waals surface area contributed by atoms with Crippen LogP contribution in [-0.2, 0) is 0 Å². The molecule has 0 aliphatic heterocycles. The molecule has 244 valence electrons. The minimum absolute atomic E-state index is 0.0442. The van der Waals surface area contributed by atoms with Crippen LogP contribution in [0.4, 0.5) is 0 Å². The van der Waals surface area contributed by atoms with Crippen LogP contribution in [-0.4, -0.2) is 18.8 Å². The van der Waals surface area contributed by atoms with Gasteiger partial charge in [-0.15, -0.1) is 0 Å². The van der Waals surface area contributed by atoms with Crippen molar-refractivity contribution in [3.63, 3.8) is 0 Å². The summed E-state index contributed by atoms with van der Waals surface area (Å²) in [5.74, 6) is 0. The summed E-state index contributed by atoms with van der Waals surface area (Å²) in [6.07, 6.45) is 5.57. The third kappa shape index (κ3) is 2.95. The van der Waals surface area contributed by atoms with E-state index in [1.54, 1.807) is 14.9 Å². The second kappa shape index (κ2) is 8.99. The first kappa shape index (κ1) is 27.5. The molecule has 0 aliphatic carbocycles. The first-order chi connectivity index (χ1) is 26.1. The van der Waals surface area contributed by atoms with Crippen LogP contribution in [0.25, 0.3) is 131 Å². The summed E-state index contributed by atoms with van der Waals surface area (Å²) in [6.45, 7) is 5.93. The highest BCUT2D eigenvalue weighted by atomic mass is 16.1. The minimum atomic E-state index is -0.0772. The largest absolute Gasteiger partial charge is 0.268 e. The molecule has 13 aromatic rings. The molecule has 0 fully saturated rings. The van der Waals surface area contributed by atoms with Gasteiger partial charge < -0.3 is 0 Å². The first-order valence-electron chi connectivity index (χ1n) is 17.8. The summed E-state index contributed by atoms with van der Waals surface area (Å²) >= 11 is 0. The van der Waals surface area contributed by atoms with Gasteiger partial charge in [-0.1, -0.05) is 73.3 Å². The fourth-order valence-corrected chi connectivity index (χ4v) is 9.97. The predicted octanol–water partition coefficient (Wildman–Crippen LogP) is 10.7. The molecule has 53 heavy (non-hydrogen) atoms. The Hall–Kier alpha value is -7.18. The van der Waals surface area contributed by atoms with Gasteiger partial charge in [-0.2, -0.15) is 0 Å². The average molecular weight is 677 g/mol. The zero-order valence-electron chi connectivity index (χ0n) is 28.3. The van der Waals surface area contributed by atoms with Crippen LogP contribution < -0.4 is 11.1 Å². The van der Waals surface area contributed by atoms with Crippen LogP contribution in [0.2, 0.25) is 0 Å². The topological polar surface area (TPSA) is 68.7 Å². The molecule has 0 saturated carbocycles. The lowest BCUT2D eigenvalue weighted by molar-refractivity contribution is 1.13. The number of allylic oxidation sites excluding steroid dienone is 1. The van der Waals surface area contributed by atoms with E-state index in [1.807, 2.05) is 55.5 Å². The Balaban J connectivity index is 1.21. The van der Waals surface area contributed by atoms with Gasteiger partial charge in [-0.05, 0) is 120 Å². The van der Waals surface area contributed by atoms with Gasteiger partial charge in [0.2, 0.25) is 0 Å². The Bertz CT molecular complexity index is 3910. The highest BCUT2D eigenvalue weighted by Gasteiger charge is 2.25. The van der Waals surface area contributed by atoms with Crippen LogP contribution in [0, 0.1) is 0 Å². The van der Waals surface area contributed by atoms with Crippen molar-refractivity contribution in [2.24, 2.45) is 0 Å². The number of fused-ring (bicyclic) bond motifs is 10. The number of hydrogen-bond acceptors (Lipinski definition) is 4. The molecule has 0 aliphatic rings. The third-order valence-electron chi connectivity index (χ3n) is 12.0. The number of pyridine rings is 2. The van der Waals surface area contributed by atoms with Crippen molar-refractivity contribution in [2.45, 2.75) is 6.92 Å². The normalized spacial score (nSPS) is 13.2. The van der Waals surface area contributed by atoms with Crippen LogP contribution in [0.5, 0.6) is 0 Å². The van der Waals surface area contributed by atoms with Crippen molar-refractivity contribution in [2.75, 3.05) is 0 Å². The minimum Gasteiger partial charge on any atom is -0.268 e. The van der Waals surface area contributed by atoms with Gasteiger partial charge in [-0.25, -0.2) is 9.97 Å². The molecule has 9 aromatic carbocycles. The maximum Gasteiger partial charge on any atom is 0.264 e. The SMILES string of the molecule is C=Cc1nc2c3ccc4c5ccc6c7ccc8c9c(ccc(c%10ccc(c%11ccc(c(=O)n2c1/C=C\C)c3c%114)c5c%106)c79)c(=O)n1c2ccccc2nc81. The Morgan fingerprint density at radius 3 is 1.36 bits per heavy atom. The van der Waals surface area contributed by atoms with Gasteiger partial charge >= 0.3 is 0 Å². The predicted molar refractivity (Wildman–Crippen MR) is 221 cm³/mol. The highest BCUT2D eigenvalue weighted by Crippen LogP contribution is 2.49. The molecular formula is C47H24N4O2. The Morgan fingerprint density at radius 2 is 0.887 bits per heavy atom. The van der Waals surface area contributed by atoms with E-state index in [9.17, 15) is 9.59 Å². The zero-order valence-corrected chi connectivity index (χ0v) is 28.3. The summed E-state index contributed by atoms with van der Waals surface area (Å²) in [5, 5.41) is 18.9. The lowest BCUT2D eigenvalue weighted by Gasteiger charge is -2.21. The smallest absolute Gasteiger partial charge is 0.264 e. The van der Waals surface area contributed by atoms with E-state index in [4.69, 9.17) is 9.97 Å². The quantitative estimate of drug-likeness (QED) is 0.135. The molecule has 0 saturated heterocycles. The summed E-state index contributed by atoms with van der Waals surface area (Å²) in [7, 11) is 0. The number of para-hydroxylation sites is 2. The van der Waals surface area contributed by atoms with E-state index in [-0.39, 0.29) is 11.1 Å². The van der Waals surface area contributed by atoms with Gasteiger partial charge in [0.25, 0.3) is 11.1 Å². The van der Waals surface area contributed by atoms with E-state index in [0.29, 0.717) is 27.8 Å². The number of nitrogens with zero attached hydrogens (tertiary/aromatic N) is 4. The maximum absolute atomic E-state index is 14.3. The summed E-state index contributed by atoms with van der Waals surface area (Å²) in [4.78, 5) is 38.3. The van der Waals surface area contributed by atoms with Gasteiger partial charge in [0.1, 0.15) is 11.3 Å². The first-order valence-corrected chi connectivity index (χ1v) is 17.8. The summed E-state index contributed by atoms with van der Waals surface area (Å²) < 4.78 is 3.50. The Labute approximate surface area is 298 Å².